The van der Waals surface area contributed by atoms with Gasteiger partial charge < -0.3 is 15.0 Å². The minimum absolute atomic E-state index is 0.178. The maximum absolute atomic E-state index is 11.9. The van der Waals surface area contributed by atoms with Gasteiger partial charge in [0.1, 0.15) is 0 Å². The molecule has 1 N–H and O–H groups in total. The van der Waals surface area contributed by atoms with E-state index in [1.54, 1.807) is 0 Å². The SMILES string of the molecule is CCOC(=O)N1CCC[C@H]([C@H](C)NCc2cncc(C)c2)C1. The summed E-state index contributed by atoms with van der Waals surface area (Å²) in [6.07, 6.45) is 5.78. The van der Waals surface area contributed by atoms with E-state index in [1.165, 1.54) is 11.1 Å². The fourth-order valence-corrected chi connectivity index (χ4v) is 2.96. The van der Waals surface area contributed by atoms with Gasteiger partial charge in [-0.05, 0) is 50.7 Å². The molecule has 0 aliphatic carbocycles. The summed E-state index contributed by atoms with van der Waals surface area (Å²) in [7, 11) is 0. The lowest BCUT2D eigenvalue weighted by molar-refractivity contribution is 0.0830. The van der Waals surface area contributed by atoms with E-state index in [0.29, 0.717) is 18.6 Å². The number of aromatic nitrogens is 1. The fraction of sp³-hybridized carbons (Fsp3) is 0.647. The van der Waals surface area contributed by atoms with Crippen LogP contribution in [0.4, 0.5) is 4.79 Å². The predicted molar refractivity (Wildman–Crippen MR) is 86.6 cm³/mol. The van der Waals surface area contributed by atoms with Gasteiger partial charge in [0.15, 0.2) is 0 Å². The average Bonchev–Trinajstić information content (AvgIpc) is 2.53. The van der Waals surface area contributed by atoms with Crippen molar-refractivity contribution in [2.24, 2.45) is 5.92 Å². The normalized spacial score (nSPS) is 19.8. The quantitative estimate of drug-likeness (QED) is 0.909. The van der Waals surface area contributed by atoms with Gasteiger partial charge in [-0.1, -0.05) is 6.07 Å². The van der Waals surface area contributed by atoms with Gasteiger partial charge >= 0.3 is 6.09 Å². The average molecular weight is 305 g/mol. The Morgan fingerprint density at radius 3 is 3.09 bits per heavy atom. The van der Waals surface area contributed by atoms with E-state index in [4.69, 9.17) is 4.74 Å². The largest absolute Gasteiger partial charge is 0.450 e. The third-order valence-electron chi connectivity index (χ3n) is 4.25. The lowest BCUT2D eigenvalue weighted by Crippen LogP contribution is -2.46. The molecule has 5 heteroatoms. The number of amides is 1. The third-order valence-corrected chi connectivity index (χ3v) is 4.25. The number of carbonyl (C=O) groups excluding carboxylic acids is 1. The van der Waals surface area contributed by atoms with Crippen molar-refractivity contribution in [3.8, 4) is 0 Å². The van der Waals surface area contributed by atoms with Gasteiger partial charge in [-0.15, -0.1) is 0 Å². The predicted octanol–water partition coefficient (Wildman–Crippen LogP) is 2.74. The highest BCUT2D eigenvalue weighted by Crippen LogP contribution is 2.20. The minimum Gasteiger partial charge on any atom is -0.450 e. The van der Waals surface area contributed by atoms with Crippen LogP contribution in [0.15, 0.2) is 18.5 Å². The number of pyridine rings is 1. The van der Waals surface area contributed by atoms with Gasteiger partial charge in [0, 0.05) is 38.1 Å². The highest BCUT2D eigenvalue weighted by atomic mass is 16.6. The molecule has 1 aliphatic heterocycles. The number of likely N-dealkylation sites (tertiary alicyclic amines) is 1. The van der Waals surface area contributed by atoms with E-state index in [0.717, 1.165) is 32.5 Å². The van der Waals surface area contributed by atoms with Crippen molar-refractivity contribution >= 4 is 6.09 Å². The molecular formula is C17H27N3O2. The van der Waals surface area contributed by atoms with E-state index >= 15 is 0 Å². The summed E-state index contributed by atoms with van der Waals surface area (Å²) in [5.74, 6) is 0.468. The summed E-state index contributed by atoms with van der Waals surface area (Å²) in [5.41, 5.74) is 2.38. The molecule has 0 radical (unpaired) electrons. The first kappa shape index (κ1) is 16.7. The number of piperidine rings is 1. The second-order valence-corrected chi connectivity index (χ2v) is 6.09. The number of aryl methyl sites for hydroxylation is 1. The van der Waals surface area contributed by atoms with Crippen molar-refractivity contribution in [3.05, 3.63) is 29.6 Å². The van der Waals surface area contributed by atoms with Crippen LogP contribution in [0.3, 0.4) is 0 Å². The van der Waals surface area contributed by atoms with Gasteiger partial charge in [-0.2, -0.15) is 0 Å². The van der Waals surface area contributed by atoms with Crippen molar-refractivity contribution in [2.45, 2.75) is 46.2 Å². The number of rotatable bonds is 5. The third kappa shape index (κ3) is 4.70. The highest BCUT2D eigenvalue weighted by Gasteiger charge is 2.27. The molecule has 1 fully saturated rings. The zero-order valence-corrected chi connectivity index (χ0v) is 13.8. The first-order valence-corrected chi connectivity index (χ1v) is 8.15. The Bertz CT molecular complexity index is 493. The lowest BCUT2D eigenvalue weighted by Gasteiger charge is -2.35. The summed E-state index contributed by atoms with van der Waals surface area (Å²) >= 11 is 0. The maximum atomic E-state index is 11.9. The summed E-state index contributed by atoms with van der Waals surface area (Å²) in [4.78, 5) is 17.9. The maximum Gasteiger partial charge on any atom is 0.409 e. The summed E-state index contributed by atoms with van der Waals surface area (Å²) < 4.78 is 5.11. The molecule has 2 rings (SSSR count). The highest BCUT2D eigenvalue weighted by molar-refractivity contribution is 5.67. The standard InChI is InChI=1S/C17H27N3O2/c1-4-22-17(21)20-7-5-6-16(12-20)14(3)19-11-15-8-13(2)9-18-10-15/h8-10,14,16,19H,4-7,11-12H2,1-3H3/t14-,16-/m0/s1. The number of nitrogens with zero attached hydrogens (tertiary/aromatic N) is 2. The first-order valence-electron chi connectivity index (χ1n) is 8.15. The molecule has 0 saturated carbocycles. The molecule has 2 atom stereocenters. The number of hydrogen-bond donors (Lipinski definition) is 1. The van der Waals surface area contributed by atoms with Crippen LogP contribution in [0.1, 0.15) is 37.8 Å². The molecule has 0 bridgehead atoms. The zero-order valence-electron chi connectivity index (χ0n) is 13.8. The number of ether oxygens (including phenoxy) is 1. The van der Waals surface area contributed by atoms with Crippen molar-refractivity contribution in [3.63, 3.8) is 0 Å². The number of nitrogens with one attached hydrogen (secondary N) is 1. The molecular weight excluding hydrogens is 278 g/mol. The monoisotopic (exact) mass is 305 g/mol. The van der Waals surface area contributed by atoms with Crippen LogP contribution in [0.2, 0.25) is 0 Å². The molecule has 0 unspecified atom stereocenters. The van der Waals surface area contributed by atoms with Crippen LogP contribution >= 0.6 is 0 Å². The second-order valence-electron chi connectivity index (χ2n) is 6.09. The minimum atomic E-state index is -0.178. The molecule has 0 aromatic carbocycles. The van der Waals surface area contributed by atoms with Crippen LogP contribution in [0.5, 0.6) is 0 Å². The molecule has 1 saturated heterocycles. The molecule has 2 heterocycles. The van der Waals surface area contributed by atoms with Gasteiger partial charge in [0.05, 0.1) is 6.61 Å². The smallest absolute Gasteiger partial charge is 0.409 e. The molecule has 122 valence electrons. The molecule has 1 aliphatic rings. The van der Waals surface area contributed by atoms with Crippen LogP contribution in [-0.2, 0) is 11.3 Å². The van der Waals surface area contributed by atoms with Crippen LogP contribution in [-0.4, -0.2) is 41.7 Å². The van der Waals surface area contributed by atoms with Gasteiger partial charge in [0.25, 0.3) is 0 Å². The van der Waals surface area contributed by atoms with E-state index in [2.05, 4.69) is 30.2 Å². The summed E-state index contributed by atoms with van der Waals surface area (Å²) in [6.45, 7) is 8.93. The van der Waals surface area contributed by atoms with E-state index in [1.807, 2.05) is 24.2 Å². The summed E-state index contributed by atoms with van der Waals surface area (Å²) in [6, 6.07) is 2.51. The zero-order chi connectivity index (χ0) is 15.9. The lowest BCUT2D eigenvalue weighted by atomic mass is 9.91. The fourth-order valence-electron chi connectivity index (χ4n) is 2.96. The Morgan fingerprint density at radius 2 is 2.36 bits per heavy atom. The van der Waals surface area contributed by atoms with Gasteiger partial charge in [-0.25, -0.2) is 4.79 Å². The van der Waals surface area contributed by atoms with Gasteiger partial charge in [0.2, 0.25) is 0 Å². The van der Waals surface area contributed by atoms with Crippen LogP contribution in [0, 0.1) is 12.8 Å². The van der Waals surface area contributed by atoms with E-state index < -0.39 is 0 Å². The van der Waals surface area contributed by atoms with Crippen molar-refractivity contribution < 1.29 is 9.53 Å². The van der Waals surface area contributed by atoms with Crippen molar-refractivity contribution in [2.75, 3.05) is 19.7 Å². The molecule has 1 aromatic heterocycles. The Labute approximate surface area is 133 Å². The molecule has 0 spiro atoms. The van der Waals surface area contributed by atoms with Crippen LogP contribution in [0.25, 0.3) is 0 Å². The summed E-state index contributed by atoms with van der Waals surface area (Å²) in [5, 5.41) is 3.57. The van der Waals surface area contributed by atoms with Crippen molar-refractivity contribution in [1.29, 1.82) is 0 Å². The number of hydrogen-bond acceptors (Lipinski definition) is 4. The Hall–Kier alpha value is -1.62. The Morgan fingerprint density at radius 1 is 1.55 bits per heavy atom. The Kier molecular flexibility index (Phi) is 6.19. The molecule has 1 amide bonds. The molecule has 5 nitrogen and oxygen atoms in total. The molecule has 1 aromatic rings. The van der Waals surface area contributed by atoms with Crippen molar-refractivity contribution in [1.82, 2.24) is 15.2 Å². The van der Waals surface area contributed by atoms with Gasteiger partial charge in [-0.3, -0.25) is 4.98 Å². The first-order chi connectivity index (χ1) is 10.6. The van der Waals surface area contributed by atoms with Crippen LogP contribution < -0.4 is 5.32 Å². The second kappa shape index (κ2) is 8.13. The van der Waals surface area contributed by atoms with E-state index in [9.17, 15) is 4.79 Å². The Balaban J connectivity index is 1.83. The van der Waals surface area contributed by atoms with E-state index in [-0.39, 0.29) is 6.09 Å². The molecule has 22 heavy (non-hydrogen) atoms. The number of carbonyl (C=O) groups is 1. The topological polar surface area (TPSA) is 54.5 Å².